The molecule has 0 aliphatic heterocycles. The summed E-state index contributed by atoms with van der Waals surface area (Å²) in [5.41, 5.74) is 1.67. The molecule has 4 heteroatoms. The van der Waals surface area contributed by atoms with Crippen molar-refractivity contribution in [3.63, 3.8) is 0 Å². The fourth-order valence-corrected chi connectivity index (χ4v) is 4.69. The van der Waals surface area contributed by atoms with Gasteiger partial charge in [-0.05, 0) is 60.6 Å². The lowest BCUT2D eigenvalue weighted by Crippen LogP contribution is -2.36. The van der Waals surface area contributed by atoms with E-state index in [0.29, 0.717) is 5.41 Å². The molecule has 1 aromatic rings. The van der Waals surface area contributed by atoms with Crippen LogP contribution >= 0.6 is 27.5 Å². The first-order chi connectivity index (χ1) is 10.1. The quantitative estimate of drug-likeness (QED) is 0.721. The average Bonchev–Trinajstić information content (AvgIpc) is 3.07. The van der Waals surface area contributed by atoms with Gasteiger partial charge in [-0.1, -0.05) is 33.6 Å². The Morgan fingerprint density at radius 3 is 2.81 bits per heavy atom. The third-order valence-electron chi connectivity index (χ3n) is 5.02. The first-order valence-electron chi connectivity index (χ1n) is 7.75. The lowest BCUT2D eigenvalue weighted by Gasteiger charge is -2.32. The van der Waals surface area contributed by atoms with E-state index in [1.807, 2.05) is 6.07 Å². The number of benzene rings is 1. The van der Waals surface area contributed by atoms with Crippen LogP contribution in [0.5, 0.6) is 0 Å². The van der Waals surface area contributed by atoms with Crippen molar-refractivity contribution < 1.29 is 4.74 Å². The number of hydrogen-bond donors (Lipinski definition) is 1. The van der Waals surface area contributed by atoms with Gasteiger partial charge < -0.3 is 10.1 Å². The molecule has 21 heavy (non-hydrogen) atoms. The first-order valence-corrected chi connectivity index (χ1v) is 8.93. The number of rotatable bonds is 7. The van der Waals surface area contributed by atoms with Crippen molar-refractivity contribution in [1.29, 1.82) is 0 Å². The van der Waals surface area contributed by atoms with Crippen LogP contribution in [-0.4, -0.2) is 26.8 Å². The number of fused-ring (bicyclic) bond motifs is 1. The van der Waals surface area contributed by atoms with Gasteiger partial charge in [0, 0.05) is 29.7 Å². The molecular formula is C17H23BrClNO. The molecule has 0 amide bonds. The summed E-state index contributed by atoms with van der Waals surface area (Å²) >= 11 is 9.92. The van der Waals surface area contributed by atoms with E-state index in [1.165, 1.54) is 24.8 Å². The highest BCUT2D eigenvalue weighted by molar-refractivity contribution is 9.10. The Kier molecular flexibility index (Phi) is 4.94. The van der Waals surface area contributed by atoms with Crippen molar-refractivity contribution in [2.24, 2.45) is 17.3 Å². The molecule has 1 aromatic carbocycles. The maximum Gasteiger partial charge on any atom is 0.0587 e. The standard InChI is InChI=1S/C17H23BrClNO/c1-21-5-4-20-11-17(9-13-6-14(13)10-17)8-12-2-3-15(18)7-16(12)19/h2-3,7,13-14,20H,4-6,8-11H2,1H3. The lowest BCUT2D eigenvalue weighted by atomic mass is 9.77. The Hall–Kier alpha value is -0.0900. The van der Waals surface area contributed by atoms with Crippen LogP contribution in [-0.2, 0) is 11.2 Å². The summed E-state index contributed by atoms with van der Waals surface area (Å²) in [6, 6.07) is 6.29. The van der Waals surface area contributed by atoms with Crippen LogP contribution in [0.2, 0.25) is 5.02 Å². The molecule has 2 aliphatic rings. The van der Waals surface area contributed by atoms with E-state index in [0.717, 1.165) is 47.4 Å². The zero-order valence-corrected chi connectivity index (χ0v) is 14.8. The molecule has 3 rings (SSSR count). The Morgan fingerprint density at radius 1 is 1.38 bits per heavy atom. The number of hydrogen-bond acceptors (Lipinski definition) is 2. The van der Waals surface area contributed by atoms with Crippen LogP contribution in [0.3, 0.4) is 0 Å². The van der Waals surface area contributed by atoms with E-state index in [1.54, 1.807) is 7.11 Å². The molecule has 2 nitrogen and oxygen atoms in total. The van der Waals surface area contributed by atoms with Gasteiger partial charge in [-0.15, -0.1) is 0 Å². The topological polar surface area (TPSA) is 21.3 Å². The van der Waals surface area contributed by atoms with Crippen molar-refractivity contribution in [3.05, 3.63) is 33.3 Å². The van der Waals surface area contributed by atoms with E-state index in [-0.39, 0.29) is 0 Å². The molecule has 0 spiro atoms. The van der Waals surface area contributed by atoms with Gasteiger partial charge in [0.15, 0.2) is 0 Å². The smallest absolute Gasteiger partial charge is 0.0587 e. The summed E-state index contributed by atoms with van der Waals surface area (Å²) in [5, 5.41) is 4.47. The van der Waals surface area contributed by atoms with Crippen LogP contribution < -0.4 is 5.32 Å². The lowest BCUT2D eigenvalue weighted by molar-refractivity contribution is 0.186. The van der Waals surface area contributed by atoms with Crippen molar-refractivity contribution in [2.75, 3.05) is 26.8 Å². The number of methoxy groups -OCH3 is 1. The molecule has 0 radical (unpaired) electrons. The maximum absolute atomic E-state index is 6.43. The monoisotopic (exact) mass is 371 g/mol. The zero-order chi connectivity index (χ0) is 14.9. The fourth-order valence-electron chi connectivity index (χ4n) is 3.95. The summed E-state index contributed by atoms with van der Waals surface area (Å²) in [6.45, 7) is 2.79. The largest absolute Gasteiger partial charge is 0.383 e. The second-order valence-corrected chi connectivity index (χ2v) is 8.07. The summed E-state index contributed by atoms with van der Waals surface area (Å²) in [4.78, 5) is 0. The molecule has 0 aromatic heterocycles. The van der Waals surface area contributed by atoms with Crippen LogP contribution in [0.1, 0.15) is 24.8 Å². The predicted molar refractivity (Wildman–Crippen MR) is 90.9 cm³/mol. The van der Waals surface area contributed by atoms with Crippen LogP contribution in [0.4, 0.5) is 0 Å². The van der Waals surface area contributed by atoms with Crippen molar-refractivity contribution in [3.8, 4) is 0 Å². The minimum Gasteiger partial charge on any atom is -0.383 e. The highest BCUT2D eigenvalue weighted by Gasteiger charge is 2.53. The molecule has 2 aliphatic carbocycles. The molecule has 1 N–H and O–H groups in total. The van der Waals surface area contributed by atoms with Crippen molar-refractivity contribution >= 4 is 27.5 Å². The second kappa shape index (κ2) is 6.57. The Labute approximate surface area is 140 Å². The van der Waals surface area contributed by atoms with Crippen molar-refractivity contribution in [2.45, 2.75) is 25.7 Å². The van der Waals surface area contributed by atoms with Gasteiger partial charge in [-0.3, -0.25) is 0 Å². The van der Waals surface area contributed by atoms with Gasteiger partial charge in [0.05, 0.1) is 6.61 Å². The highest BCUT2D eigenvalue weighted by atomic mass is 79.9. The normalized spacial score (nSPS) is 30.4. The molecule has 2 unspecified atom stereocenters. The van der Waals surface area contributed by atoms with Gasteiger partial charge in [0.2, 0.25) is 0 Å². The molecule has 2 atom stereocenters. The number of nitrogens with one attached hydrogen (secondary N) is 1. The molecule has 0 saturated heterocycles. The Bertz CT molecular complexity index is 498. The second-order valence-electron chi connectivity index (χ2n) is 6.75. The summed E-state index contributed by atoms with van der Waals surface area (Å²) in [6.07, 6.45) is 5.24. The summed E-state index contributed by atoms with van der Waals surface area (Å²) < 4.78 is 6.18. The average molecular weight is 373 g/mol. The van der Waals surface area contributed by atoms with Crippen LogP contribution in [0.25, 0.3) is 0 Å². The van der Waals surface area contributed by atoms with E-state index >= 15 is 0 Å². The molecule has 2 fully saturated rings. The van der Waals surface area contributed by atoms with Gasteiger partial charge >= 0.3 is 0 Å². The minimum atomic E-state index is 0.388. The van der Waals surface area contributed by atoms with Gasteiger partial charge in [0.25, 0.3) is 0 Å². The highest BCUT2D eigenvalue weighted by Crippen LogP contribution is 2.60. The molecular weight excluding hydrogens is 350 g/mol. The molecule has 0 bridgehead atoms. The van der Waals surface area contributed by atoms with E-state index in [2.05, 4.69) is 33.4 Å². The third-order valence-corrected chi connectivity index (χ3v) is 5.87. The van der Waals surface area contributed by atoms with Gasteiger partial charge in [0.1, 0.15) is 0 Å². The SMILES string of the molecule is COCCNCC1(Cc2ccc(Br)cc2Cl)CC2CC2C1. The summed E-state index contributed by atoms with van der Waals surface area (Å²) in [5.74, 6) is 1.95. The molecule has 116 valence electrons. The fraction of sp³-hybridized carbons (Fsp3) is 0.647. The molecule has 0 heterocycles. The first kappa shape index (κ1) is 15.8. The van der Waals surface area contributed by atoms with Crippen molar-refractivity contribution in [1.82, 2.24) is 5.32 Å². The van der Waals surface area contributed by atoms with E-state index in [9.17, 15) is 0 Å². The Morgan fingerprint density at radius 2 is 2.14 bits per heavy atom. The maximum atomic E-state index is 6.43. The summed E-state index contributed by atoms with van der Waals surface area (Å²) in [7, 11) is 1.75. The van der Waals surface area contributed by atoms with E-state index in [4.69, 9.17) is 16.3 Å². The molecule has 2 saturated carbocycles. The minimum absolute atomic E-state index is 0.388. The van der Waals surface area contributed by atoms with Crippen LogP contribution in [0.15, 0.2) is 22.7 Å². The van der Waals surface area contributed by atoms with Gasteiger partial charge in [-0.25, -0.2) is 0 Å². The van der Waals surface area contributed by atoms with E-state index < -0.39 is 0 Å². The number of halogens is 2. The number of ether oxygens (including phenoxy) is 1. The van der Waals surface area contributed by atoms with Crippen LogP contribution in [0, 0.1) is 17.3 Å². The zero-order valence-electron chi connectivity index (χ0n) is 12.5. The predicted octanol–water partition coefficient (Wildman–Crippen LogP) is 4.30. The third kappa shape index (κ3) is 3.82. The Balaban J connectivity index is 1.67. The van der Waals surface area contributed by atoms with Gasteiger partial charge in [-0.2, -0.15) is 0 Å².